The number of benzene rings is 1. The maximum absolute atomic E-state index is 12.2. The molecule has 2 N–H and O–H groups in total. The minimum Gasteiger partial charge on any atom is -0.341 e. The lowest BCUT2D eigenvalue weighted by molar-refractivity contribution is -0.129. The summed E-state index contributed by atoms with van der Waals surface area (Å²) >= 11 is 0. The summed E-state index contributed by atoms with van der Waals surface area (Å²) in [5.74, 6) is 0.0920. The van der Waals surface area contributed by atoms with Gasteiger partial charge < -0.3 is 10.6 Å². The molecule has 5 heteroatoms. The number of likely N-dealkylation sites (N-methyl/N-ethyl adjacent to an activating group) is 1. The molecule has 0 bridgehead atoms. The summed E-state index contributed by atoms with van der Waals surface area (Å²) < 4.78 is 1.74. The van der Waals surface area contributed by atoms with E-state index < -0.39 is 0 Å². The van der Waals surface area contributed by atoms with E-state index in [0.29, 0.717) is 19.5 Å². The third-order valence-electron chi connectivity index (χ3n) is 3.22. The van der Waals surface area contributed by atoms with Crippen molar-refractivity contribution < 1.29 is 4.79 Å². The first-order valence-electron chi connectivity index (χ1n) is 6.58. The molecule has 106 valence electrons. The van der Waals surface area contributed by atoms with Gasteiger partial charge in [0.1, 0.15) is 0 Å². The van der Waals surface area contributed by atoms with Gasteiger partial charge in [-0.1, -0.05) is 24.3 Å². The fraction of sp³-hybridized carbons (Fsp3) is 0.333. The molecule has 1 heterocycles. The first-order chi connectivity index (χ1) is 9.58. The lowest BCUT2D eigenvalue weighted by Crippen LogP contribution is -2.27. The van der Waals surface area contributed by atoms with Crippen molar-refractivity contribution in [3.63, 3.8) is 0 Å². The Morgan fingerprint density at radius 3 is 2.45 bits per heavy atom. The van der Waals surface area contributed by atoms with Crippen LogP contribution in [-0.4, -0.2) is 27.6 Å². The van der Waals surface area contributed by atoms with Crippen LogP contribution < -0.4 is 5.73 Å². The van der Waals surface area contributed by atoms with Crippen LogP contribution in [0.1, 0.15) is 16.7 Å². The quantitative estimate of drug-likeness (QED) is 0.886. The van der Waals surface area contributed by atoms with Crippen LogP contribution in [-0.2, 0) is 31.4 Å². The molecule has 20 heavy (non-hydrogen) atoms. The van der Waals surface area contributed by atoms with Gasteiger partial charge in [0, 0.05) is 38.9 Å². The van der Waals surface area contributed by atoms with Gasteiger partial charge in [0.05, 0.1) is 12.6 Å². The van der Waals surface area contributed by atoms with Crippen molar-refractivity contribution in [2.75, 3.05) is 7.05 Å². The zero-order chi connectivity index (χ0) is 14.5. The number of nitrogens with zero attached hydrogens (tertiary/aromatic N) is 3. The zero-order valence-corrected chi connectivity index (χ0v) is 11.9. The summed E-state index contributed by atoms with van der Waals surface area (Å²) in [7, 11) is 3.67. The standard InChI is InChI=1S/C15H20N4O/c1-18(10-14-9-17-19(2)11-14)15(20)7-12-3-5-13(8-16)6-4-12/h3-6,9,11H,7-8,10,16H2,1-2H3. The third kappa shape index (κ3) is 3.68. The first kappa shape index (κ1) is 14.3. The molecule has 5 nitrogen and oxygen atoms in total. The molecule has 0 spiro atoms. The summed E-state index contributed by atoms with van der Waals surface area (Å²) in [5, 5.41) is 4.10. The molecule has 0 saturated carbocycles. The number of aromatic nitrogens is 2. The maximum Gasteiger partial charge on any atom is 0.227 e. The largest absolute Gasteiger partial charge is 0.341 e. The lowest BCUT2D eigenvalue weighted by Gasteiger charge is -2.16. The van der Waals surface area contributed by atoms with E-state index >= 15 is 0 Å². The molecular formula is C15H20N4O. The summed E-state index contributed by atoms with van der Waals surface area (Å²) in [4.78, 5) is 13.9. The molecule has 0 atom stereocenters. The van der Waals surface area contributed by atoms with Crippen LogP contribution in [0.4, 0.5) is 0 Å². The van der Waals surface area contributed by atoms with Crippen molar-refractivity contribution in [3.05, 3.63) is 53.3 Å². The predicted octanol–water partition coefficient (Wildman–Crippen LogP) is 1.08. The highest BCUT2D eigenvalue weighted by Crippen LogP contribution is 2.08. The van der Waals surface area contributed by atoms with Gasteiger partial charge in [0.2, 0.25) is 5.91 Å². The van der Waals surface area contributed by atoms with E-state index in [1.165, 1.54) is 0 Å². The highest BCUT2D eigenvalue weighted by atomic mass is 16.2. The van der Waals surface area contributed by atoms with Crippen molar-refractivity contribution in [2.45, 2.75) is 19.5 Å². The first-order valence-corrected chi connectivity index (χ1v) is 6.58. The third-order valence-corrected chi connectivity index (χ3v) is 3.22. The van der Waals surface area contributed by atoms with Crippen molar-refractivity contribution in [2.24, 2.45) is 12.8 Å². The van der Waals surface area contributed by atoms with Gasteiger partial charge in [-0.15, -0.1) is 0 Å². The van der Waals surface area contributed by atoms with Crippen LogP contribution in [0.3, 0.4) is 0 Å². The van der Waals surface area contributed by atoms with E-state index in [1.54, 1.807) is 15.8 Å². The predicted molar refractivity (Wildman–Crippen MR) is 77.7 cm³/mol. The fourth-order valence-corrected chi connectivity index (χ4v) is 2.02. The van der Waals surface area contributed by atoms with Crippen LogP contribution in [0.15, 0.2) is 36.7 Å². The van der Waals surface area contributed by atoms with Crippen LogP contribution in [0, 0.1) is 0 Å². The smallest absolute Gasteiger partial charge is 0.227 e. The van der Waals surface area contributed by atoms with Crippen molar-refractivity contribution in [3.8, 4) is 0 Å². The van der Waals surface area contributed by atoms with Gasteiger partial charge in [-0.05, 0) is 11.1 Å². The van der Waals surface area contributed by atoms with Crippen LogP contribution in [0.25, 0.3) is 0 Å². The van der Waals surface area contributed by atoms with E-state index in [9.17, 15) is 4.79 Å². The zero-order valence-electron chi connectivity index (χ0n) is 11.9. The second kappa shape index (κ2) is 6.34. The van der Waals surface area contributed by atoms with Crippen LogP contribution in [0.2, 0.25) is 0 Å². The van der Waals surface area contributed by atoms with Crippen molar-refractivity contribution >= 4 is 5.91 Å². The molecule has 0 unspecified atom stereocenters. The molecule has 1 aromatic carbocycles. The Kier molecular flexibility index (Phi) is 4.53. The van der Waals surface area contributed by atoms with Gasteiger partial charge >= 0.3 is 0 Å². The summed E-state index contributed by atoms with van der Waals surface area (Å²) in [6.07, 6.45) is 4.10. The minimum atomic E-state index is 0.0920. The van der Waals surface area contributed by atoms with Crippen molar-refractivity contribution in [1.82, 2.24) is 14.7 Å². The van der Waals surface area contributed by atoms with Crippen LogP contribution in [0.5, 0.6) is 0 Å². The average Bonchev–Trinajstić information content (AvgIpc) is 2.85. The van der Waals surface area contributed by atoms with Crippen LogP contribution >= 0.6 is 0 Å². The Bertz CT molecular complexity index is 574. The highest BCUT2D eigenvalue weighted by molar-refractivity contribution is 5.78. The molecule has 0 fully saturated rings. The molecule has 2 rings (SSSR count). The molecule has 1 amide bonds. The molecular weight excluding hydrogens is 252 g/mol. The second-order valence-corrected chi connectivity index (χ2v) is 4.97. The average molecular weight is 272 g/mol. The Hall–Kier alpha value is -2.14. The van der Waals surface area contributed by atoms with Crippen molar-refractivity contribution in [1.29, 1.82) is 0 Å². The second-order valence-electron chi connectivity index (χ2n) is 4.97. The number of hydrogen-bond acceptors (Lipinski definition) is 3. The van der Waals surface area contributed by atoms with Gasteiger partial charge in [-0.3, -0.25) is 9.48 Å². The van der Waals surface area contributed by atoms with E-state index in [2.05, 4.69) is 5.10 Å². The number of amides is 1. The lowest BCUT2D eigenvalue weighted by atomic mass is 10.1. The number of carbonyl (C=O) groups excluding carboxylic acids is 1. The molecule has 0 aliphatic rings. The molecule has 0 aliphatic heterocycles. The fourth-order valence-electron chi connectivity index (χ4n) is 2.02. The minimum absolute atomic E-state index is 0.0920. The molecule has 2 aromatic rings. The molecule has 0 saturated heterocycles. The van der Waals surface area contributed by atoms with E-state index in [1.807, 2.05) is 44.6 Å². The highest BCUT2D eigenvalue weighted by Gasteiger charge is 2.11. The number of aryl methyl sites for hydroxylation is 1. The summed E-state index contributed by atoms with van der Waals surface area (Å²) in [6, 6.07) is 7.84. The normalized spacial score (nSPS) is 10.6. The Morgan fingerprint density at radius 2 is 1.90 bits per heavy atom. The Balaban J connectivity index is 1.93. The molecule has 1 aromatic heterocycles. The molecule has 0 radical (unpaired) electrons. The maximum atomic E-state index is 12.2. The van der Waals surface area contributed by atoms with Gasteiger partial charge in [-0.25, -0.2) is 0 Å². The monoisotopic (exact) mass is 272 g/mol. The van der Waals surface area contributed by atoms with Gasteiger partial charge in [-0.2, -0.15) is 5.10 Å². The summed E-state index contributed by atoms with van der Waals surface area (Å²) in [6.45, 7) is 1.10. The number of hydrogen-bond donors (Lipinski definition) is 1. The molecule has 0 aliphatic carbocycles. The van der Waals surface area contributed by atoms with E-state index in [0.717, 1.165) is 16.7 Å². The Morgan fingerprint density at radius 1 is 1.25 bits per heavy atom. The SMILES string of the molecule is CN(Cc1cnn(C)c1)C(=O)Cc1ccc(CN)cc1. The topological polar surface area (TPSA) is 64.2 Å². The Labute approximate surface area is 119 Å². The number of carbonyl (C=O) groups is 1. The van der Waals surface area contributed by atoms with E-state index in [-0.39, 0.29) is 5.91 Å². The number of rotatable bonds is 5. The number of nitrogens with two attached hydrogens (primary N) is 1. The summed E-state index contributed by atoms with van der Waals surface area (Å²) in [5.41, 5.74) is 8.66. The van der Waals surface area contributed by atoms with Gasteiger partial charge in [0.25, 0.3) is 0 Å². The van der Waals surface area contributed by atoms with E-state index in [4.69, 9.17) is 5.73 Å². The van der Waals surface area contributed by atoms with Gasteiger partial charge in [0.15, 0.2) is 0 Å².